The monoisotopic (exact) mass is 257 g/mol. The van der Waals surface area contributed by atoms with Crippen LogP contribution in [0.15, 0.2) is 42.5 Å². The van der Waals surface area contributed by atoms with E-state index in [-0.39, 0.29) is 5.91 Å². The van der Waals surface area contributed by atoms with Crippen LogP contribution in [0.2, 0.25) is 0 Å². The average Bonchev–Trinajstić information content (AvgIpc) is 2.43. The molecule has 2 aromatic carbocycles. The Morgan fingerprint density at radius 2 is 1.79 bits per heavy atom. The Labute approximate surface area is 111 Å². The van der Waals surface area contributed by atoms with Crippen LogP contribution in [0.3, 0.4) is 0 Å². The van der Waals surface area contributed by atoms with Gasteiger partial charge in [0.2, 0.25) is 5.91 Å². The number of nitrogens with one attached hydrogen (secondary N) is 1. The standard InChI is InChI=1S/C15H15NO3/c1-10(17)16-14(15(18)19-2)13-8-7-11-5-3-4-6-12(11)9-13/h3-9,14H,1-2H3,(H,16,17)/t14-/m0/s1. The lowest BCUT2D eigenvalue weighted by Crippen LogP contribution is -2.32. The Balaban J connectivity index is 2.43. The van der Waals surface area contributed by atoms with Gasteiger partial charge in [-0.3, -0.25) is 4.79 Å². The molecule has 0 unspecified atom stereocenters. The van der Waals surface area contributed by atoms with E-state index in [2.05, 4.69) is 5.32 Å². The van der Waals surface area contributed by atoms with Crippen LogP contribution in [0, 0.1) is 0 Å². The minimum atomic E-state index is -0.771. The molecule has 0 aliphatic rings. The molecule has 1 N–H and O–H groups in total. The van der Waals surface area contributed by atoms with Crippen LogP contribution in [0.25, 0.3) is 10.8 Å². The Morgan fingerprint density at radius 1 is 1.11 bits per heavy atom. The molecule has 0 heterocycles. The molecular formula is C15H15NO3. The molecule has 0 bridgehead atoms. The summed E-state index contributed by atoms with van der Waals surface area (Å²) in [5, 5.41) is 4.69. The van der Waals surface area contributed by atoms with Crippen molar-refractivity contribution in [3.63, 3.8) is 0 Å². The molecule has 0 saturated heterocycles. The van der Waals surface area contributed by atoms with E-state index < -0.39 is 12.0 Å². The summed E-state index contributed by atoms with van der Waals surface area (Å²) in [7, 11) is 1.30. The Morgan fingerprint density at radius 3 is 2.42 bits per heavy atom. The number of carbonyl (C=O) groups is 2. The van der Waals surface area contributed by atoms with Crippen molar-refractivity contribution >= 4 is 22.6 Å². The minimum Gasteiger partial charge on any atom is -0.467 e. The average molecular weight is 257 g/mol. The highest BCUT2D eigenvalue weighted by Crippen LogP contribution is 2.21. The normalized spacial score (nSPS) is 11.9. The molecule has 0 fully saturated rings. The van der Waals surface area contributed by atoms with Gasteiger partial charge in [0.1, 0.15) is 0 Å². The smallest absolute Gasteiger partial charge is 0.333 e. The summed E-state index contributed by atoms with van der Waals surface area (Å²) < 4.78 is 4.73. The van der Waals surface area contributed by atoms with Crippen molar-refractivity contribution < 1.29 is 14.3 Å². The molecule has 1 atom stereocenters. The van der Waals surface area contributed by atoms with Gasteiger partial charge in [-0.1, -0.05) is 36.4 Å². The van der Waals surface area contributed by atoms with Crippen molar-refractivity contribution in [2.24, 2.45) is 0 Å². The second-order valence-corrected chi connectivity index (χ2v) is 4.26. The zero-order valence-corrected chi connectivity index (χ0v) is 10.8. The predicted molar refractivity (Wildman–Crippen MR) is 72.5 cm³/mol. The zero-order valence-electron chi connectivity index (χ0n) is 10.8. The van der Waals surface area contributed by atoms with Crippen molar-refractivity contribution in [1.82, 2.24) is 5.32 Å². The van der Waals surface area contributed by atoms with Gasteiger partial charge < -0.3 is 10.1 Å². The summed E-state index contributed by atoms with van der Waals surface area (Å²) in [4.78, 5) is 22.9. The molecule has 19 heavy (non-hydrogen) atoms. The van der Waals surface area contributed by atoms with E-state index in [0.29, 0.717) is 5.56 Å². The fourth-order valence-corrected chi connectivity index (χ4v) is 1.99. The van der Waals surface area contributed by atoms with Crippen molar-refractivity contribution in [3.05, 3.63) is 48.0 Å². The number of amides is 1. The first-order chi connectivity index (χ1) is 9.11. The molecule has 98 valence electrons. The number of benzene rings is 2. The lowest BCUT2D eigenvalue weighted by Gasteiger charge is -2.16. The van der Waals surface area contributed by atoms with Gasteiger partial charge >= 0.3 is 5.97 Å². The number of fused-ring (bicyclic) bond motifs is 1. The quantitative estimate of drug-likeness (QED) is 0.857. The van der Waals surface area contributed by atoms with E-state index in [1.54, 1.807) is 0 Å². The number of carbonyl (C=O) groups excluding carboxylic acids is 2. The maximum Gasteiger partial charge on any atom is 0.333 e. The largest absolute Gasteiger partial charge is 0.467 e. The number of rotatable bonds is 3. The number of hydrogen-bond acceptors (Lipinski definition) is 3. The van der Waals surface area contributed by atoms with Gasteiger partial charge in [0.05, 0.1) is 7.11 Å². The number of methoxy groups -OCH3 is 1. The molecule has 0 radical (unpaired) electrons. The van der Waals surface area contributed by atoms with E-state index in [9.17, 15) is 9.59 Å². The molecule has 2 aromatic rings. The Bertz CT molecular complexity index is 622. The number of ether oxygens (including phenoxy) is 1. The summed E-state index contributed by atoms with van der Waals surface area (Å²) in [5.41, 5.74) is 0.709. The van der Waals surface area contributed by atoms with Gasteiger partial charge in [0, 0.05) is 6.92 Å². The predicted octanol–water partition coefficient (Wildman–Crippen LogP) is 2.19. The van der Waals surface area contributed by atoms with Crippen LogP contribution in [0.4, 0.5) is 0 Å². The van der Waals surface area contributed by atoms with Crippen LogP contribution >= 0.6 is 0 Å². The summed E-state index contributed by atoms with van der Waals surface area (Å²) in [6, 6.07) is 12.7. The lowest BCUT2D eigenvalue weighted by molar-refractivity contribution is -0.145. The van der Waals surface area contributed by atoms with Crippen LogP contribution in [-0.4, -0.2) is 19.0 Å². The van der Waals surface area contributed by atoms with Gasteiger partial charge in [-0.15, -0.1) is 0 Å². The van der Waals surface area contributed by atoms with Gasteiger partial charge in [-0.25, -0.2) is 4.79 Å². The highest BCUT2D eigenvalue weighted by atomic mass is 16.5. The van der Waals surface area contributed by atoms with Gasteiger partial charge in [0.15, 0.2) is 6.04 Å². The van der Waals surface area contributed by atoms with Crippen molar-refractivity contribution in [2.75, 3.05) is 7.11 Å². The third-order valence-corrected chi connectivity index (χ3v) is 2.89. The lowest BCUT2D eigenvalue weighted by atomic mass is 10.0. The molecule has 0 aromatic heterocycles. The van der Waals surface area contributed by atoms with E-state index in [0.717, 1.165) is 10.8 Å². The number of esters is 1. The summed E-state index contributed by atoms with van der Waals surface area (Å²) >= 11 is 0. The fraction of sp³-hybridized carbons (Fsp3) is 0.200. The minimum absolute atomic E-state index is 0.274. The zero-order chi connectivity index (χ0) is 13.8. The van der Waals surface area contributed by atoms with Crippen molar-refractivity contribution in [3.8, 4) is 0 Å². The SMILES string of the molecule is COC(=O)[C@@H](NC(C)=O)c1ccc2ccccc2c1. The van der Waals surface area contributed by atoms with Crippen LogP contribution < -0.4 is 5.32 Å². The molecule has 0 aliphatic carbocycles. The third-order valence-electron chi connectivity index (χ3n) is 2.89. The fourth-order valence-electron chi connectivity index (χ4n) is 1.99. The first-order valence-corrected chi connectivity index (χ1v) is 5.95. The molecule has 4 heteroatoms. The van der Waals surface area contributed by atoms with Gasteiger partial charge in [0.25, 0.3) is 0 Å². The van der Waals surface area contributed by atoms with Crippen LogP contribution in [0.1, 0.15) is 18.5 Å². The molecule has 0 aliphatic heterocycles. The van der Waals surface area contributed by atoms with E-state index in [1.807, 2.05) is 42.5 Å². The Kier molecular flexibility index (Phi) is 3.80. The summed E-state index contributed by atoms with van der Waals surface area (Å²) in [6.07, 6.45) is 0. The first kappa shape index (κ1) is 13.1. The van der Waals surface area contributed by atoms with E-state index in [4.69, 9.17) is 4.74 Å². The van der Waals surface area contributed by atoms with Gasteiger partial charge in [-0.05, 0) is 22.4 Å². The highest BCUT2D eigenvalue weighted by molar-refractivity contribution is 5.88. The third kappa shape index (κ3) is 2.91. The van der Waals surface area contributed by atoms with Gasteiger partial charge in [-0.2, -0.15) is 0 Å². The molecule has 0 spiro atoms. The number of hydrogen-bond donors (Lipinski definition) is 1. The molecule has 1 amide bonds. The molecular weight excluding hydrogens is 242 g/mol. The summed E-state index contributed by atoms with van der Waals surface area (Å²) in [6.45, 7) is 1.37. The first-order valence-electron chi connectivity index (χ1n) is 5.95. The maximum atomic E-state index is 11.7. The second-order valence-electron chi connectivity index (χ2n) is 4.26. The van der Waals surface area contributed by atoms with Crippen molar-refractivity contribution in [1.29, 1.82) is 0 Å². The highest BCUT2D eigenvalue weighted by Gasteiger charge is 2.22. The summed E-state index contributed by atoms with van der Waals surface area (Å²) in [5.74, 6) is -0.756. The molecule has 0 saturated carbocycles. The maximum absolute atomic E-state index is 11.7. The van der Waals surface area contributed by atoms with Crippen LogP contribution in [-0.2, 0) is 14.3 Å². The van der Waals surface area contributed by atoms with Crippen LogP contribution in [0.5, 0.6) is 0 Å². The Hall–Kier alpha value is -2.36. The second kappa shape index (κ2) is 5.52. The van der Waals surface area contributed by atoms with E-state index >= 15 is 0 Å². The van der Waals surface area contributed by atoms with E-state index in [1.165, 1.54) is 14.0 Å². The molecule has 4 nitrogen and oxygen atoms in total. The topological polar surface area (TPSA) is 55.4 Å². The molecule has 2 rings (SSSR count). The van der Waals surface area contributed by atoms with Crippen molar-refractivity contribution in [2.45, 2.75) is 13.0 Å².